The van der Waals surface area contributed by atoms with Crippen molar-refractivity contribution >= 4 is 5.69 Å². The Labute approximate surface area is 116 Å². The van der Waals surface area contributed by atoms with Crippen molar-refractivity contribution in [3.05, 3.63) is 59.2 Å². The number of hydrogen-bond donors (Lipinski definition) is 1. The first-order chi connectivity index (χ1) is 9.72. The molecule has 1 aliphatic heterocycles. The van der Waals surface area contributed by atoms with Gasteiger partial charge in [0.25, 0.3) is 0 Å². The number of nitrogens with one attached hydrogen (secondary N) is 1. The third-order valence-electron chi connectivity index (χ3n) is 3.41. The molecule has 0 radical (unpaired) electrons. The Morgan fingerprint density at radius 2 is 2.00 bits per heavy atom. The van der Waals surface area contributed by atoms with Crippen LogP contribution < -0.4 is 10.1 Å². The van der Waals surface area contributed by atoms with Gasteiger partial charge in [-0.1, -0.05) is 12.1 Å². The lowest BCUT2D eigenvalue weighted by Gasteiger charge is -2.08. The van der Waals surface area contributed by atoms with Gasteiger partial charge < -0.3 is 10.1 Å². The Morgan fingerprint density at radius 3 is 2.85 bits per heavy atom. The molecule has 2 aromatic rings. The summed E-state index contributed by atoms with van der Waals surface area (Å²) < 4.78 is 31.7. The number of anilines is 1. The van der Waals surface area contributed by atoms with E-state index in [2.05, 4.69) is 11.4 Å². The van der Waals surface area contributed by atoms with E-state index in [0.29, 0.717) is 12.2 Å². The number of hydrogen-bond acceptors (Lipinski definition) is 2. The van der Waals surface area contributed by atoms with Crippen LogP contribution in [0.3, 0.4) is 0 Å². The van der Waals surface area contributed by atoms with Gasteiger partial charge >= 0.3 is 0 Å². The Kier molecular flexibility index (Phi) is 3.54. The molecule has 0 saturated heterocycles. The maximum absolute atomic E-state index is 13.4. The van der Waals surface area contributed by atoms with Crippen molar-refractivity contribution < 1.29 is 13.5 Å². The molecule has 20 heavy (non-hydrogen) atoms. The molecule has 0 saturated carbocycles. The van der Waals surface area contributed by atoms with E-state index in [1.807, 2.05) is 12.1 Å². The zero-order valence-corrected chi connectivity index (χ0v) is 11.0. The lowest BCUT2D eigenvalue weighted by atomic mass is 10.1. The largest absolute Gasteiger partial charge is 0.493 e. The third-order valence-corrected chi connectivity index (χ3v) is 3.41. The zero-order chi connectivity index (χ0) is 13.9. The fourth-order valence-corrected chi connectivity index (χ4v) is 2.37. The van der Waals surface area contributed by atoms with E-state index in [9.17, 15) is 8.78 Å². The van der Waals surface area contributed by atoms with E-state index in [0.717, 1.165) is 31.3 Å². The quantitative estimate of drug-likeness (QED) is 0.921. The van der Waals surface area contributed by atoms with Crippen LogP contribution in [0.2, 0.25) is 0 Å². The highest BCUT2D eigenvalue weighted by Crippen LogP contribution is 2.26. The second-order valence-electron chi connectivity index (χ2n) is 4.84. The predicted octanol–water partition coefficient (Wildman–Crippen LogP) is 3.55. The Bertz CT molecular complexity index is 628. The highest BCUT2D eigenvalue weighted by molar-refractivity contribution is 5.45. The molecule has 0 fully saturated rings. The lowest BCUT2D eigenvalue weighted by molar-refractivity contribution is 0.357. The van der Waals surface area contributed by atoms with Gasteiger partial charge in [-0.3, -0.25) is 0 Å². The molecule has 2 aromatic carbocycles. The van der Waals surface area contributed by atoms with Gasteiger partial charge in [-0.2, -0.15) is 0 Å². The van der Waals surface area contributed by atoms with Crippen molar-refractivity contribution in [2.45, 2.75) is 12.8 Å². The van der Waals surface area contributed by atoms with Crippen LogP contribution in [0.5, 0.6) is 5.75 Å². The number of fused-ring (bicyclic) bond motifs is 1. The van der Waals surface area contributed by atoms with Crippen molar-refractivity contribution in [2.24, 2.45) is 0 Å². The topological polar surface area (TPSA) is 21.3 Å². The van der Waals surface area contributed by atoms with E-state index in [1.54, 1.807) is 0 Å². The molecule has 0 aromatic heterocycles. The molecule has 0 bridgehead atoms. The van der Waals surface area contributed by atoms with Crippen LogP contribution in [0.1, 0.15) is 11.1 Å². The standard InChI is InChI=1S/C16H15F2NO/c17-13-2-3-15(14(18)10-13)19-7-5-11-1-4-16-12(9-11)6-8-20-16/h1-4,9-10,19H,5-8H2. The predicted molar refractivity (Wildman–Crippen MR) is 74.2 cm³/mol. The molecule has 1 N–H and O–H groups in total. The molecule has 3 rings (SSSR count). The minimum atomic E-state index is -0.563. The van der Waals surface area contributed by atoms with Gasteiger partial charge in [-0.15, -0.1) is 0 Å². The van der Waals surface area contributed by atoms with Gasteiger partial charge in [0.15, 0.2) is 0 Å². The second-order valence-corrected chi connectivity index (χ2v) is 4.84. The van der Waals surface area contributed by atoms with Gasteiger partial charge in [-0.05, 0) is 35.7 Å². The summed E-state index contributed by atoms with van der Waals surface area (Å²) >= 11 is 0. The van der Waals surface area contributed by atoms with Crippen LogP contribution in [0.15, 0.2) is 36.4 Å². The summed E-state index contributed by atoms with van der Waals surface area (Å²) in [7, 11) is 0. The van der Waals surface area contributed by atoms with Gasteiger partial charge in [0.2, 0.25) is 0 Å². The first-order valence-electron chi connectivity index (χ1n) is 6.66. The summed E-state index contributed by atoms with van der Waals surface area (Å²) in [5.74, 6) is -0.162. The monoisotopic (exact) mass is 275 g/mol. The van der Waals surface area contributed by atoms with Crippen LogP contribution in [0, 0.1) is 11.6 Å². The summed E-state index contributed by atoms with van der Waals surface area (Å²) in [6.45, 7) is 1.35. The Balaban J connectivity index is 1.60. The minimum Gasteiger partial charge on any atom is -0.493 e. The number of rotatable bonds is 4. The normalized spacial score (nSPS) is 12.9. The van der Waals surface area contributed by atoms with Crippen LogP contribution in [0.4, 0.5) is 14.5 Å². The minimum absolute atomic E-state index is 0.330. The second kappa shape index (κ2) is 5.49. The SMILES string of the molecule is Fc1ccc(NCCc2ccc3c(c2)CCO3)c(F)c1. The van der Waals surface area contributed by atoms with E-state index in [4.69, 9.17) is 4.74 Å². The first-order valence-corrected chi connectivity index (χ1v) is 6.66. The fraction of sp³-hybridized carbons (Fsp3) is 0.250. The van der Waals surface area contributed by atoms with E-state index >= 15 is 0 Å². The van der Waals surface area contributed by atoms with E-state index in [1.165, 1.54) is 23.3 Å². The average molecular weight is 275 g/mol. The highest BCUT2D eigenvalue weighted by Gasteiger charge is 2.11. The van der Waals surface area contributed by atoms with Crippen molar-refractivity contribution in [3.8, 4) is 5.75 Å². The van der Waals surface area contributed by atoms with Crippen molar-refractivity contribution in [1.82, 2.24) is 0 Å². The molecule has 4 heteroatoms. The molecule has 1 heterocycles. The number of halogens is 2. The summed E-state index contributed by atoms with van der Waals surface area (Å²) in [5.41, 5.74) is 2.75. The van der Waals surface area contributed by atoms with Gasteiger partial charge in [-0.25, -0.2) is 8.78 Å². The van der Waals surface area contributed by atoms with Crippen LogP contribution in [0.25, 0.3) is 0 Å². The molecule has 0 aliphatic carbocycles. The van der Waals surface area contributed by atoms with Gasteiger partial charge in [0, 0.05) is 19.0 Å². The zero-order valence-electron chi connectivity index (χ0n) is 11.0. The van der Waals surface area contributed by atoms with Crippen LogP contribution in [-0.2, 0) is 12.8 Å². The summed E-state index contributed by atoms with van der Waals surface area (Å²) in [6.07, 6.45) is 1.73. The van der Waals surface area contributed by atoms with Gasteiger partial charge in [0.1, 0.15) is 17.4 Å². The first kappa shape index (κ1) is 12.9. The molecular weight excluding hydrogens is 260 g/mol. The molecular formula is C16H15F2NO. The summed E-state index contributed by atoms with van der Waals surface area (Å²) in [4.78, 5) is 0. The fourth-order valence-electron chi connectivity index (χ4n) is 2.37. The van der Waals surface area contributed by atoms with Crippen LogP contribution in [-0.4, -0.2) is 13.2 Å². The summed E-state index contributed by atoms with van der Waals surface area (Å²) in [6, 6.07) is 9.68. The number of benzene rings is 2. The maximum atomic E-state index is 13.4. The average Bonchev–Trinajstić information content (AvgIpc) is 2.89. The van der Waals surface area contributed by atoms with Crippen molar-refractivity contribution in [1.29, 1.82) is 0 Å². The molecule has 1 aliphatic rings. The van der Waals surface area contributed by atoms with E-state index < -0.39 is 11.6 Å². The lowest BCUT2D eigenvalue weighted by Crippen LogP contribution is -2.06. The molecule has 0 unspecified atom stereocenters. The van der Waals surface area contributed by atoms with Crippen molar-refractivity contribution in [3.63, 3.8) is 0 Å². The third kappa shape index (κ3) is 2.74. The molecule has 0 atom stereocenters. The molecule has 104 valence electrons. The molecule has 0 amide bonds. The van der Waals surface area contributed by atoms with Crippen molar-refractivity contribution in [2.75, 3.05) is 18.5 Å². The number of ether oxygens (including phenoxy) is 1. The summed E-state index contributed by atoms with van der Waals surface area (Å²) in [5, 5.41) is 2.98. The Hall–Kier alpha value is -2.10. The Morgan fingerprint density at radius 1 is 1.10 bits per heavy atom. The maximum Gasteiger partial charge on any atom is 0.149 e. The smallest absolute Gasteiger partial charge is 0.149 e. The molecule has 2 nitrogen and oxygen atoms in total. The van der Waals surface area contributed by atoms with Crippen LogP contribution >= 0.6 is 0 Å². The van der Waals surface area contributed by atoms with Gasteiger partial charge in [0.05, 0.1) is 12.3 Å². The highest BCUT2D eigenvalue weighted by atomic mass is 19.1. The molecule has 0 spiro atoms. The van der Waals surface area contributed by atoms with E-state index in [-0.39, 0.29) is 0 Å².